The number of aliphatic hydroxyl groups excluding tert-OH is 3. The van der Waals surface area contributed by atoms with Gasteiger partial charge in [0, 0.05) is 44.0 Å². The van der Waals surface area contributed by atoms with Crippen molar-refractivity contribution in [2.75, 3.05) is 37.6 Å². The van der Waals surface area contributed by atoms with Gasteiger partial charge < -0.3 is 20.2 Å². The van der Waals surface area contributed by atoms with Gasteiger partial charge in [0.05, 0.1) is 12.2 Å². The van der Waals surface area contributed by atoms with Gasteiger partial charge in [-0.15, -0.1) is 0 Å². The van der Waals surface area contributed by atoms with Gasteiger partial charge in [-0.25, -0.2) is 8.78 Å². The summed E-state index contributed by atoms with van der Waals surface area (Å²) in [5.41, 5.74) is 0.603. The molecule has 3 atom stereocenters. The molecule has 3 N–H and O–H groups in total. The van der Waals surface area contributed by atoms with Crippen LogP contribution in [-0.2, 0) is 6.42 Å². The number of halogens is 2. The van der Waals surface area contributed by atoms with Crippen molar-refractivity contribution >= 4 is 5.69 Å². The van der Waals surface area contributed by atoms with Crippen molar-refractivity contribution in [1.29, 1.82) is 0 Å². The fraction of sp³-hybridized carbons (Fsp3) is 0.647. The van der Waals surface area contributed by atoms with Gasteiger partial charge in [0.15, 0.2) is 0 Å². The molecule has 0 unspecified atom stereocenters. The first-order valence-electron chi connectivity index (χ1n) is 8.45. The topological polar surface area (TPSA) is 67.2 Å². The molecule has 0 radical (unpaired) electrons. The number of hydrogen-bond donors (Lipinski definition) is 3. The molecule has 5 nitrogen and oxygen atoms in total. The van der Waals surface area contributed by atoms with Gasteiger partial charge >= 0.3 is 0 Å². The summed E-state index contributed by atoms with van der Waals surface area (Å²) < 4.78 is 28.6. The third-order valence-electron chi connectivity index (χ3n) is 4.95. The predicted molar refractivity (Wildman–Crippen MR) is 86.0 cm³/mol. The number of benzene rings is 1. The van der Waals surface area contributed by atoms with Crippen LogP contribution in [0.5, 0.6) is 0 Å². The molecule has 2 aliphatic rings. The van der Waals surface area contributed by atoms with Crippen LogP contribution < -0.4 is 4.90 Å². The van der Waals surface area contributed by atoms with Crippen molar-refractivity contribution in [1.82, 2.24) is 4.90 Å². The molecule has 1 aromatic carbocycles. The summed E-state index contributed by atoms with van der Waals surface area (Å²) >= 11 is 0. The van der Waals surface area contributed by atoms with Gasteiger partial charge in [-0.2, -0.15) is 0 Å². The minimum absolute atomic E-state index is 0.0213. The van der Waals surface area contributed by atoms with Crippen LogP contribution in [0.4, 0.5) is 14.5 Å². The van der Waals surface area contributed by atoms with Crippen molar-refractivity contribution in [3.8, 4) is 0 Å². The fourth-order valence-electron chi connectivity index (χ4n) is 3.51. The lowest BCUT2D eigenvalue weighted by molar-refractivity contribution is -0.109. The molecule has 2 saturated heterocycles. The summed E-state index contributed by atoms with van der Waals surface area (Å²) in [6.07, 6.45) is -1.06. The minimum atomic E-state index is -1.17. The summed E-state index contributed by atoms with van der Waals surface area (Å²) in [5.74, 6) is -1.12. The summed E-state index contributed by atoms with van der Waals surface area (Å²) in [5, 5.41) is 28.9. The van der Waals surface area contributed by atoms with Crippen molar-refractivity contribution in [2.45, 2.75) is 37.6 Å². The molecular weight excluding hydrogens is 318 g/mol. The molecule has 1 aromatic rings. The molecule has 0 bridgehead atoms. The summed E-state index contributed by atoms with van der Waals surface area (Å²) in [6.45, 7) is 2.30. The van der Waals surface area contributed by atoms with Crippen molar-refractivity contribution < 1.29 is 24.1 Å². The number of aliphatic hydroxyl groups is 3. The van der Waals surface area contributed by atoms with Gasteiger partial charge in [0.1, 0.15) is 17.7 Å². The number of likely N-dealkylation sites (tertiary alicyclic amines) is 1. The van der Waals surface area contributed by atoms with Crippen LogP contribution in [0.3, 0.4) is 0 Å². The Morgan fingerprint density at radius 3 is 2.04 bits per heavy atom. The quantitative estimate of drug-likeness (QED) is 0.744. The molecule has 24 heavy (non-hydrogen) atoms. The highest BCUT2D eigenvalue weighted by Gasteiger charge is 2.33. The molecule has 2 aliphatic heterocycles. The van der Waals surface area contributed by atoms with E-state index in [9.17, 15) is 24.1 Å². The Morgan fingerprint density at radius 2 is 1.50 bits per heavy atom. The van der Waals surface area contributed by atoms with E-state index in [1.54, 1.807) is 4.90 Å². The SMILES string of the molecule is O[C@H]1[C@H](O)CN(CCc2c(F)cc(N3CCCC3)cc2F)C[C@@H]1O. The predicted octanol–water partition coefficient (Wildman–Crippen LogP) is 0.506. The zero-order valence-electron chi connectivity index (χ0n) is 13.5. The largest absolute Gasteiger partial charge is 0.389 e. The Morgan fingerprint density at radius 1 is 0.958 bits per heavy atom. The molecule has 3 rings (SSSR count). The van der Waals surface area contributed by atoms with Crippen LogP contribution >= 0.6 is 0 Å². The van der Waals surface area contributed by atoms with Gasteiger partial charge in [-0.1, -0.05) is 0 Å². The second-order valence-electron chi connectivity index (χ2n) is 6.72. The van der Waals surface area contributed by atoms with Crippen LogP contribution in [0.1, 0.15) is 18.4 Å². The number of anilines is 1. The number of nitrogens with zero attached hydrogens (tertiary/aromatic N) is 2. The maximum absolute atomic E-state index is 14.3. The van der Waals surface area contributed by atoms with Crippen molar-refractivity contribution in [3.05, 3.63) is 29.3 Å². The first-order valence-corrected chi connectivity index (χ1v) is 8.45. The van der Waals surface area contributed by atoms with Crippen LogP contribution in [0.15, 0.2) is 12.1 Å². The zero-order valence-corrected chi connectivity index (χ0v) is 13.5. The fourth-order valence-corrected chi connectivity index (χ4v) is 3.51. The Kier molecular flexibility index (Phi) is 5.34. The molecule has 2 heterocycles. The zero-order chi connectivity index (χ0) is 17.3. The molecular formula is C17H24F2N2O3. The van der Waals surface area contributed by atoms with E-state index in [1.807, 2.05) is 4.90 Å². The van der Waals surface area contributed by atoms with E-state index in [1.165, 1.54) is 12.1 Å². The normalized spacial score (nSPS) is 28.5. The third kappa shape index (κ3) is 3.69. The molecule has 134 valence electrons. The maximum Gasteiger partial charge on any atom is 0.131 e. The summed E-state index contributed by atoms with van der Waals surface area (Å²) in [6, 6.07) is 2.76. The standard InChI is InChI=1S/C17H24F2N2O3/c18-13-7-11(21-4-1-2-5-21)8-14(19)12(13)3-6-20-9-15(22)17(24)16(23)10-20/h7-8,15-17,22-24H,1-6,9-10H2/t15-,16+,17+. The smallest absolute Gasteiger partial charge is 0.131 e. The van der Waals surface area contributed by atoms with E-state index in [0.29, 0.717) is 12.2 Å². The average Bonchev–Trinajstić information content (AvgIpc) is 3.06. The van der Waals surface area contributed by atoms with E-state index in [2.05, 4.69) is 0 Å². The second-order valence-corrected chi connectivity index (χ2v) is 6.72. The number of rotatable bonds is 4. The Bertz CT molecular complexity index is 546. The van der Waals surface area contributed by atoms with Crippen LogP contribution in [0.2, 0.25) is 0 Å². The van der Waals surface area contributed by atoms with Gasteiger partial charge in [0.25, 0.3) is 0 Å². The monoisotopic (exact) mass is 342 g/mol. The van der Waals surface area contributed by atoms with Crippen molar-refractivity contribution in [3.63, 3.8) is 0 Å². The molecule has 2 fully saturated rings. The number of piperidine rings is 1. The van der Waals surface area contributed by atoms with E-state index >= 15 is 0 Å². The van der Waals surface area contributed by atoms with Gasteiger partial charge in [0.2, 0.25) is 0 Å². The molecule has 0 aromatic heterocycles. The van der Waals surface area contributed by atoms with Crippen molar-refractivity contribution in [2.24, 2.45) is 0 Å². The lowest BCUT2D eigenvalue weighted by Crippen LogP contribution is -2.55. The highest BCUT2D eigenvalue weighted by atomic mass is 19.1. The van der Waals surface area contributed by atoms with Crippen LogP contribution in [-0.4, -0.2) is 71.3 Å². The number of hydrogen-bond acceptors (Lipinski definition) is 5. The average molecular weight is 342 g/mol. The lowest BCUT2D eigenvalue weighted by Gasteiger charge is -2.36. The van der Waals surface area contributed by atoms with E-state index in [4.69, 9.17) is 0 Å². The van der Waals surface area contributed by atoms with Crippen LogP contribution in [0, 0.1) is 11.6 Å². The first-order chi connectivity index (χ1) is 11.5. The first kappa shape index (κ1) is 17.5. The Balaban J connectivity index is 1.65. The number of β-amino-alcohol motifs (C(OH)–C–C–N with tert-alkyl or cyclic N) is 2. The minimum Gasteiger partial charge on any atom is -0.389 e. The molecule has 7 heteroatoms. The van der Waals surface area contributed by atoms with E-state index < -0.39 is 29.9 Å². The van der Waals surface area contributed by atoms with Gasteiger partial charge in [-0.3, -0.25) is 4.90 Å². The molecule has 0 amide bonds. The van der Waals surface area contributed by atoms with E-state index in [-0.39, 0.29) is 25.1 Å². The molecule has 0 aliphatic carbocycles. The molecule has 0 saturated carbocycles. The molecule has 0 spiro atoms. The summed E-state index contributed by atoms with van der Waals surface area (Å²) in [7, 11) is 0. The highest BCUT2D eigenvalue weighted by Crippen LogP contribution is 2.26. The summed E-state index contributed by atoms with van der Waals surface area (Å²) in [4.78, 5) is 3.68. The Labute approximate surface area is 140 Å². The van der Waals surface area contributed by atoms with Gasteiger partial charge in [-0.05, 0) is 31.4 Å². The van der Waals surface area contributed by atoms with Crippen LogP contribution in [0.25, 0.3) is 0 Å². The maximum atomic E-state index is 14.3. The third-order valence-corrected chi connectivity index (χ3v) is 4.95. The highest BCUT2D eigenvalue weighted by molar-refractivity contribution is 5.49. The lowest BCUT2D eigenvalue weighted by atomic mass is 10.0. The second kappa shape index (κ2) is 7.31. The van der Waals surface area contributed by atoms with E-state index in [0.717, 1.165) is 25.9 Å². The Hall–Kier alpha value is -1.28.